The van der Waals surface area contributed by atoms with Crippen molar-refractivity contribution < 1.29 is 8.42 Å². The summed E-state index contributed by atoms with van der Waals surface area (Å²) in [5.74, 6) is 0.980. The summed E-state index contributed by atoms with van der Waals surface area (Å²) in [6.45, 7) is 0. The Balaban J connectivity index is 1.47. The van der Waals surface area contributed by atoms with Crippen LogP contribution in [-0.2, 0) is 15.6 Å². The number of hydrogen-bond donors (Lipinski definition) is 0. The SMILES string of the molecule is CS(=O)(=O)c1ccc(-n2nnnc2CSc2nc3ccccc3c(=O)n2C2CCCCC2)cc1. The zero-order valence-electron chi connectivity index (χ0n) is 18.7. The highest BCUT2D eigenvalue weighted by molar-refractivity contribution is 7.98. The normalized spacial score (nSPS) is 15.1. The van der Waals surface area contributed by atoms with E-state index in [-0.39, 0.29) is 16.5 Å². The van der Waals surface area contributed by atoms with E-state index in [1.807, 2.05) is 28.8 Å². The predicted molar refractivity (Wildman–Crippen MR) is 130 cm³/mol. The van der Waals surface area contributed by atoms with Crippen LogP contribution in [0.4, 0.5) is 0 Å². The van der Waals surface area contributed by atoms with Crippen LogP contribution in [0.15, 0.2) is 63.4 Å². The fourth-order valence-corrected chi connectivity index (χ4v) is 5.95. The largest absolute Gasteiger partial charge is 0.284 e. The van der Waals surface area contributed by atoms with Crippen molar-refractivity contribution in [1.29, 1.82) is 0 Å². The molecule has 0 amide bonds. The van der Waals surface area contributed by atoms with Crippen LogP contribution >= 0.6 is 11.8 Å². The zero-order chi connectivity index (χ0) is 23.7. The molecule has 176 valence electrons. The lowest BCUT2D eigenvalue weighted by Gasteiger charge is -2.26. The number of tetrazole rings is 1. The Kier molecular flexibility index (Phi) is 6.22. The standard InChI is InChI=1S/C23H24N6O3S2/c1-34(31,32)18-13-11-17(12-14-18)29-21(25-26-27-29)15-33-23-24-20-10-6-5-9-19(20)22(30)28(23)16-7-3-2-4-8-16/h5-6,9-14,16H,2-4,7-8,15H2,1H3. The van der Waals surface area contributed by atoms with Crippen molar-refractivity contribution >= 4 is 32.5 Å². The molecule has 0 unspecified atom stereocenters. The molecule has 2 heterocycles. The van der Waals surface area contributed by atoms with Gasteiger partial charge < -0.3 is 0 Å². The molecule has 1 aliphatic rings. The van der Waals surface area contributed by atoms with Crippen LogP contribution in [0.25, 0.3) is 16.6 Å². The number of thioether (sulfide) groups is 1. The van der Waals surface area contributed by atoms with E-state index in [1.54, 1.807) is 16.8 Å². The van der Waals surface area contributed by atoms with E-state index < -0.39 is 9.84 Å². The summed E-state index contributed by atoms with van der Waals surface area (Å²) in [5, 5.41) is 13.3. The number of aromatic nitrogens is 6. The van der Waals surface area contributed by atoms with Crippen molar-refractivity contribution in [2.24, 2.45) is 0 Å². The maximum Gasteiger partial charge on any atom is 0.262 e. The Hall–Kier alpha value is -3.05. The van der Waals surface area contributed by atoms with Gasteiger partial charge >= 0.3 is 0 Å². The number of sulfone groups is 1. The third-order valence-corrected chi connectivity index (χ3v) is 8.17. The number of rotatable bonds is 6. The molecule has 0 spiro atoms. The van der Waals surface area contributed by atoms with Crippen molar-refractivity contribution in [2.75, 3.05) is 6.26 Å². The molecule has 9 nitrogen and oxygen atoms in total. The van der Waals surface area contributed by atoms with Crippen molar-refractivity contribution in [3.63, 3.8) is 0 Å². The first-order valence-corrected chi connectivity index (χ1v) is 14.0. The quantitative estimate of drug-likeness (QED) is 0.294. The molecule has 11 heteroatoms. The summed E-state index contributed by atoms with van der Waals surface area (Å²) in [5.41, 5.74) is 1.33. The van der Waals surface area contributed by atoms with Crippen LogP contribution < -0.4 is 5.56 Å². The second-order valence-electron chi connectivity index (χ2n) is 8.44. The van der Waals surface area contributed by atoms with Crippen LogP contribution in [0.5, 0.6) is 0 Å². The number of hydrogen-bond acceptors (Lipinski definition) is 8. The third-order valence-electron chi connectivity index (χ3n) is 6.09. The Bertz CT molecular complexity index is 1490. The summed E-state index contributed by atoms with van der Waals surface area (Å²) in [6.07, 6.45) is 6.52. The van der Waals surface area contributed by atoms with Crippen LogP contribution in [0.2, 0.25) is 0 Å². The summed E-state index contributed by atoms with van der Waals surface area (Å²) in [6, 6.07) is 14.0. The lowest BCUT2D eigenvalue weighted by atomic mass is 9.95. The third kappa shape index (κ3) is 4.49. The van der Waals surface area contributed by atoms with Gasteiger partial charge in [-0.15, -0.1) is 5.10 Å². The van der Waals surface area contributed by atoms with Crippen LogP contribution in [0.3, 0.4) is 0 Å². The molecule has 5 rings (SSSR count). The minimum Gasteiger partial charge on any atom is -0.284 e. The number of benzene rings is 2. The minimum absolute atomic E-state index is 0.00374. The number of para-hydroxylation sites is 1. The Morgan fingerprint density at radius 1 is 1.03 bits per heavy atom. The Labute approximate surface area is 201 Å². The van der Waals surface area contributed by atoms with Gasteiger partial charge in [-0.1, -0.05) is 43.2 Å². The zero-order valence-corrected chi connectivity index (χ0v) is 20.3. The first kappa shape index (κ1) is 22.7. The van der Waals surface area contributed by atoms with Crippen molar-refractivity contribution in [1.82, 2.24) is 29.8 Å². The second-order valence-corrected chi connectivity index (χ2v) is 11.4. The van der Waals surface area contributed by atoms with Gasteiger partial charge in [-0.05, 0) is 59.7 Å². The first-order chi connectivity index (χ1) is 16.4. The summed E-state index contributed by atoms with van der Waals surface area (Å²) in [7, 11) is -3.29. The van der Waals surface area contributed by atoms with E-state index in [0.29, 0.717) is 33.3 Å². The van der Waals surface area contributed by atoms with Gasteiger partial charge in [-0.25, -0.2) is 13.4 Å². The van der Waals surface area contributed by atoms with E-state index >= 15 is 0 Å². The van der Waals surface area contributed by atoms with Gasteiger partial charge in [0.25, 0.3) is 5.56 Å². The summed E-state index contributed by atoms with van der Waals surface area (Å²) >= 11 is 1.44. The number of fused-ring (bicyclic) bond motifs is 1. The predicted octanol–water partition coefficient (Wildman–Crippen LogP) is 3.57. The molecule has 0 saturated heterocycles. The molecule has 0 atom stereocenters. The van der Waals surface area contributed by atoms with E-state index in [0.717, 1.165) is 25.7 Å². The average molecular weight is 497 g/mol. The van der Waals surface area contributed by atoms with Gasteiger partial charge in [0.2, 0.25) is 0 Å². The topological polar surface area (TPSA) is 113 Å². The Morgan fingerprint density at radius 2 is 1.76 bits per heavy atom. The maximum absolute atomic E-state index is 13.4. The Morgan fingerprint density at radius 3 is 2.50 bits per heavy atom. The smallest absolute Gasteiger partial charge is 0.262 e. The molecular weight excluding hydrogens is 472 g/mol. The van der Waals surface area contributed by atoms with E-state index in [4.69, 9.17) is 4.98 Å². The molecule has 1 fully saturated rings. The molecule has 2 aromatic heterocycles. The van der Waals surface area contributed by atoms with Crippen LogP contribution in [0, 0.1) is 0 Å². The molecule has 0 radical (unpaired) electrons. The van der Waals surface area contributed by atoms with Gasteiger partial charge in [0.05, 0.1) is 27.2 Å². The highest BCUT2D eigenvalue weighted by atomic mass is 32.2. The van der Waals surface area contributed by atoms with Gasteiger partial charge in [-0.2, -0.15) is 4.68 Å². The van der Waals surface area contributed by atoms with E-state index in [9.17, 15) is 13.2 Å². The molecule has 0 N–H and O–H groups in total. The van der Waals surface area contributed by atoms with Crippen molar-refractivity contribution in [2.45, 2.75) is 54.0 Å². The van der Waals surface area contributed by atoms with Crippen LogP contribution in [0.1, 0.15) is 44.0 Å². The van der Waals surface area contributed by atoms with Gasteiger partial charge in [-0.3, -0.25) is 9.36 Å². The molecule has 1 aliphatic carbocycles. The van der Waals surface area contributed by atoms with Gasteiger partial charge in [0.15, 0.2) is 20.8 Å². The molecule has 0 bridgehead atoms. The average Bonchev–Trinajstić information content (AvgIpc) is 3.32. The fraction of sp³-hybridized carbons (Fsp3) is 0.348. The molecule has 2 aromatic carbocycles. The van der Waals surface area contributed by atoms with E-state index in [2.05, 4.69) is 15.5 Å². The van der Waals surface area contributed by atoms with E-state index in [1.165, 1.54) is 36.6 Å². The molecule has 0 aliphatic heterocycles. The number of nitrogens with zero attached hydrogens (tertiary/aromatic N) is 6. The maximum atomic E-state index is 13.4. The van der Waals surface area contributed by atoms with Gasteiger partial charge in [0, 0.05) is 12.3 Å². The molecule has 1 saturated carbocycles. The molecular formula is C23H24N6O3S2. The van der Waals surface area contributed by atoms with Gasteiger partial charge in [0.1, 0.15) is 0 Å². The van der Waals surface area contributed by atoms with Crippen molar-refractivity contribution in [3.8, 4) is 5.69 Å². The monoisotopic (exact) mass is 496 g/mol. The lowest BCUT2D eigenvalue weighted by Crippen LogP contribution is -2.29. The summed E-state index contributed by atoms with van der Waals surface area (Å²) in [4.78, 5) is 18.5. The first-order valence-electron chi connectivity index (χ1n) is 11.1. The fourth-order valence-electron chi connectivity index (χ4n) is 4.35. The lowest BCUT2D eigenvalue weighted by molar-refractivity contribution is 0.326. The van der Waals surface area contributed by atoms with Crippen molar-refractivity contribution in [3.05, 3.63) is 64.7 Å². The summed E-state index contributed by atoms with van der Waals surface area (Å²) < 4.78 is 26.9. The van der Waals surface area contributed by atoms with Crippen LogP contribution in [-0.4, -0.2) is 44.4 Å². The second kappa shape index (κ2) is 9.30. The molecule has 34 heavy (non-hydrogen) atoms. The molecule has 4 aromatic rings. The highest BCUT2D eigenvalue weighted by Gasteiger charge is 2.22. The highest BCUT2D eigenvalue weighted by Crippen LogP contribution is 2.32. The minimum atomic E-state index is -3.29.